The molecule has 0 saturated heterocycles. The van der Waals surface area contributed by atoms with Crippen LogP contribution in [0.2, 0.25) is 0 Å². The molecule has 3 aromatic rings. The molecule has 3 rings (SSSR count). The molecule has 6 heteroatoms. The fourth-order valence-electron chi connectivity index (χ4n) is 2.43. The Kier molecular flexibility index (Phi) is 5.03. The van der Waals surface area contributed by atoms with Gasteiger partial charge in [-0.05, 0) is 54.6 Å². The van der Waals surface area contributed by atoms with Crippen molar-refractivity contribution in [3.05, 3.63) is 60.4 Å². The number of benzene rings is 2. The van der Waals surface area contributed by atoms with Crippen LogP contribution in [-0.2, 0) is 9.59 Å². The number of hydrogen-bond donors (Lipinski definition) is 2. The van der Waals surface area contributed by atoms with Gasteiger partial charge in [0.15, 0.2) is 0 Å². The maximum Gasteiger partial charge on any atom is 0.248 e. The molecule has 0 bridgehead atoms. The number of ether oxygens (including phenoxy) is 1. The fourth-order valence-corrected chi connectivity index (χ4v) is 2.43. The monoisotopic (exact) mass is 350 g/mol. The van der Waals surface area contributed by atoms with Crippen LogP contribution < -0.4 is 15.4 Å². The fraction of sp³-hybridized carbons (Fsp3) is 0.100. The third kappa shape index (κ3) is 4.30. The summed E-state index contributed by atoms with van der Waals surface area (Å²) in [6.07, 6.45) is 3.00. The van der Waals surface area contributed by atoms with Crippen LogP contribution in [0, 0.1) is 0 Å². The van der Waals surface area contributed by atoms with Crippen molar-refractivity contribution in [3.63, 3.8) is 0 Å². The van der Waals surface area contributed by atoms with Gasteiger partial charge < -0.3 is 19.8 Å². The van der Waals surface area contributed by atoms with E-state index in [1.807, 2.05) is 24.3 Å². The van der Waals surface area contributed by atoms with Crippen LogP contribution in [0.4, 0.5) is 11.4 Å². The first-order valence-corrected chi connectivity index (χ1v) is 7.98. The maximum atomic E-state index is 12.0. The Balaban J connectivity index is 1.64. The molecule has 0 atom stereocenters. The number of anilines is 2. The van der Waals surface area contributed by atoms with E-state index in [9.17, 15) is 9.59 Å². The average molecular weight is 350 g/mol. The number of rotatable bonds is 5. The summed E-state index contributed by atoms with van der Waals surface area (Å²) < 4.78 is 10.8. The van der Waals surface area contributed by atoms with E-state index in [0.29, 0.717) is 17.1 Å². The van der Waals surface area contributed by atoms with Gasteiger partial charge in [-0.2, -0.15) is 0 Å². The highest BCUT2D eigenvalue weighted by molar-refractivity contribution is 6.02. The smallest absolute Gasteiger partial charge is 0.248 e. The third-order valence-corrected chi connectivity index (χ3v) is 3.61. The van der Waals surface area contributed by atoms with E-state index in [2.05, 4.69) is 10.6 Å². The van der Waals surface area contributed by atoms with Gasteiger partial charge in [-0.3, -0.25) is 9.59 Å². The number of hydrogen-bond acceptors (Lipinski definition) is 4. The van der Waals surface area contributed by atoms with Crippen molar-refractivity contribution < 1.29 is 18.7 Å². The van der Waals surface area contributed by atoms with E-state index in [0.717, 1.165) is 16.7 Å². The Bertz CT molecular complexity index is 971. The minimum Gasteiger partial charge on any atom is -0.497 e. The van der Waals surface area contributed by atoms with Crippen molar-refractivity contribution in [3.8, 4) is 5.75 Å². The van der Waals surface area contributed by atoms with E-state index >= 15 is 0 Å². The summed E-state index contributed by atoms with van der Waals surface area (Å²) >= 11 is 0. The summed E-state index contributed by atoms with van der Waals surface area (Å²) in [6, 6.07) is 14.2. The number of furan rings is 1. The van der Waals surface area contributed by atoms with E-state index in [1.165, 1.54) is 13.0 Å². The van der Waals surface area contributed by atoms with Crippen LogP contribution in [0.15, 0.2) is 59.0 Å². The molecule has 0 aliphatic carbocycles. The van der Waals surface area contributed by atoms with Crippen molar-refractivity contribution in [2.45, 2.75) is 6.92 Å². The molecule has 2 amide bonds. The standard InChI is InChI=1S/C20H18N2O4/c1-13(23)21-15-3-5-16(6-4-15)22-20(24)10-8-18-12-14-11-17(25-2)7-9-19(14)26-18/h3-12H,1-2H3,(H,21,23)(H,22,24)/b10-8+. The van der Waals surface area contributed by atoms with Crippen LogP contribution in [0.3, 0.4) is 0 Å². The minimum absolute atomic E-state index is 0.145. The molecule has 2 aromatic carbocycles. The van der Waals surface area contributed by atoms with Gasteiger partial charge in [0.25, 0.3) is 0 Å². The molecule has 2 N–H and O–H groups in total. The molecule has 0 aliphatic heterocycles. The molecule has 0 aliphatic rings. The summed E-state index contributed by atoms with van der Waals surface area (Å²) in [6.45, 7) is 1.44. The number of methoxy groups -OCH3 is 1. The normalized spacial score (nSPS) is 10.8. The Morgan fingerprint density at radius 1 is 1.00 bits per heavy atom. The molecule has 0 saturated carbocycles. The minimum atomic E-state index is -0.282. The van der Waals surface area contributed by atoms with Crippen molar-refractivity contribution >= 4 is 40.2 Å². The number of carbonyl (C=O) groups excluding carboxylic acids is 2. The Hall–Kier alpha value is -3.54. The van der Waals surface area contributed by atoms with E-state index in [-0.39, 0.29) is 11.8 Å². The summed E-state index contributed by atoms with van der Waals surface area (Å²) in [4.78, 5) is 23.0. The first kappa shape index (κ1) is 17.3. The van der Waals surface area contributed by atoms with Gasteiger partial charge in [0.2, 0.25) is 11.8 Å². The highest BCUT2D eigenvalue weighted by atomic mass is 16.5. The highest BCUT2D eigenvalue weighted by Crippen LogP contribution is 2.24. The predicted molar refractivity (Wildman–Crippen MR) is 101 cm³/mol. The molecule has 0 spiro atoms. The van der Waals surface area contributed by atoms with E-state index in [1.54, 1.807) is 37.5 Å². The van der Waals surface area contributed by atoms with Crippen molar-refractivity contribution in [2.75, 3.05) is 17.7 Å². The van der Waals surface area contributed by atoms with Crippen LogP contribution >= 0.6 is 0 Å². The summed E-state index contributed by atoms with van der Waals surface area (Å²) in [7, 11) is 1.61. The zero-order valence-corrected chi connectivity index (χ0v) is 14.4. The van der Waals surface area contributed by atoms with Gasteiger partial charge in [0, 0.05) is 29.8 Å². The van der Waals surface area contributed by atoms with Gasteiger partial charge >= 0.3 is 0 Å². The largest absolute Gasteiger partial charge is 0.497 e. The summed E-state index contributed by atoms with van der Waals surface area (Å²) in [5, 5.41) is 6.31. The van der Waals surface area contributed by atoms with Crippen LogP contribution in [0.25, 0.3) is 17.0 Å². The number of amides is 2. The van der Waals surface area contributed by atoms with E-state index < -0.39 is 0 Å². The SMILES string of the molecule is COc1ccc2oc(/C=C/C(=O)Nc3ccc(NC(C)=O)cc3)cc2c1. The summed E-state index contributed by atoms with van der Waals surface area (Å²) in [5.74, 6) is 0.891. The highest BCUT2D eigenvalue weighted by Gasteiger charge is 2.04. The molecule has 1 heterocycles. The molecule has 132 valence electrons. The first-order chi connectivity index (χ1) is 12.5. The lowest BCUT2D eigenvalue weighted by Crippen LogP contribution is -2.08. The van der Waals surface area contributed by atoms with Crippen molar-refractivity contribution in [1.29, 1.82) is 0 Å². The molecule has 26 heavy (non-hydrogen) atoms. The summed E-state index contributed by atoms with van der Waals surface area (Å²) in [5.41, 5.74) is 2.02. The first-order valence-electron chi connectivity index (χ1n) is 7.98. The Morgan fingerprint density at radius 2 is 1.69 bits per heavy atom. The Labute approximate surface area is 150 Å². The van der Waals surface area contributed by atoms with Crippen LogP contribution in [0.1, 0.15) is 12.7 Å². The molecule has 1 aromatic heterocycles. The number of carbonyl (C=O) groups is 2. The third-order valence-electron chi connectivity index (χ3n) is 3.61. The lowest BCUT2D eigenvalue weighted by Gasteiger charge is -2.04. The molecule has 0 unspecified atom stereocenters. The zero-order chi connectivity index (χ0) is 18.5. The van der Waals surface area contributed by atoms with Crippen molar-refractivity contribution in [2.24, 2.45) is 0 Å². The molecular formula is C20H18N2O4. The maximum absolute atomic E-state index is 12.0. The molecule has 0 radical (unpaired) electrons. The average Bonchev–Trinajstić information content (AvgIpc) is 3.03. The van der Waals surface area contributed by atoms with Gasteiger partial charge in [-0.25, -0.2) is 0 Å². The van der Waals surface area contributed by atoms with Gasteiger partial charge in [-0.1, -0.05) is 0 Å². The van der Waals surface area contributed by atoms with Crippen molar-refractivity contribution in [1.82, 2.24) is 0 Å². The van der Waals surface area contributed by atoms with Crippen LogP contribution in [-0.4, -0.2) is 18.9 Å². The van der Waals surface area contributed by atoms with Crippen LogP contribution in [0.5, 0.6) is 5.75 Å². The Morgan fingerprint density at radius 3 is 2.35 bits per heavy atom. The van der Waals surface area contributed by atoms with Gasteiger partial charge in [0.05, 0.1) is 7.11 Å². The second-order valence-corrected chi connectivity index (χ2v) is 5.63. The quantitative estimate of drug-likeness (QED) is 0.680. The predicted octanol–water partition coefficient (Wildman–Crippen LogP) is 4.05. The second kappa shape index (κ2) is 7.57. The second-order valence-electron chi connectivity index (χ2n) is 5.63. The lowest BCUT2D eigenvalue weighted by atomic mass is 10.2. The van der Waals surface area contributed by atoms with Gasteiger partial charge in [-0.15, -0.1) is 0 Å². The van der Waals surface area contributed by atoms with Gasteiger partial charge in [0.1, 0.15) is 17.1 Å². The van der Waals surface area contributed by atoms with E-state index in [4.69, 9.17) is 9.15 Å². The topological polar surface area (TPSA) is 80.6 Å². The molecule has 6 nitrogen and oxygen atoms in total. The molecule has 0 fully saturated rings. The zero-order valence-electron chi connectivity index (χ0n) is 14.4. The molecular weight excluding hydrogens is 332 g/mol. The number of fused-ring (bicyclic) bond motifs is 1. The lowest BCUT2D eigenvalue weighted by molar-refractivity contribution is -0.114. The number of nitrogens with one attached hydrogen (secondary N) is 2.